The average Bonchev–Trinajstić information content (AvgIpc) is 3.06. The van der Waals surface area contributed by atoms with Gasteiger partial charge < -0.3 is 19.4 Å². The number of rotatable bonds is 1. The third-order valence-electron chi connectivity index (χ3n) is 6.34. The molecule has 140 valence electrons. The summed E-state index contributed by atoms with van der Waals surface area (Å²) in [4.78, 5) is 31.3. The minimum atomic E-state index is -0.599. The number of H-pyrrole nitrogens is 1. The molecule has 1 aromatic carbocycles. The molecule has 6 nitrogen and oxygen atoms in total. The van der Waals surface area contributed by atoms with Crippen molar-refractivity contribution in [3.05, 3.63) is 47.9 Å². The van der Waals surface area contributed by atoms with E-state index in [0.717, 1.165) is 28.6 Å². The van der Waals surface area contributed by atoms with Crippen LogP contribution in [0.1, 0.15) is 30.6 Å². The fraction of sp³-hybridized carbons (Fsp3) is 0.429. The van der Waals surface area contributed by atoms with Crippen molar-refractivity contribution in [1.29, 1.82) is 0 Å². The first kappa shape index (κ1) is 16.4. The molecule has 0 saturated carbocycles. The molecule has 0 bridgehead atoms. The van der Waals surface area contributed by atoms with Gasteiger partial charge in [0.2, 0.25) is 5.91 Å². The molecule has 5 rings (SSSR count). The van der Waals surface area contributed by atoms with Gasteiger partial charge in [0.15, 0.2) is 0 Å². The largest absolute Gasteiger partial charge is 0.498 e. The second-order valence-corrected chi connectivity index (χ2v) is 7.66. The number of amides is 1. The molecule has 27 heavy (non-hydrogen) atoms. The highest BCUT2D eigenvalue weighted by Crippen LogP contribution is 2.47. The number of allylic oxidation sites excluding steroid dienone is 1. The van der Waals surface area contributed by atoms with Crippen molar-refractivity contribution in [2.45, 2.75) is 38.0 Å². The summed E-state index contributed by atoms with van der Waals surface area (Å²) >= 11 is 0. The topological polar surface area (TPSA) is 71.6 Å². The summed E-state index contributed by atoms with van der Waals surface area (Å²) in [7, 11) is 1.38. The Morgan fingerprint density at radius 2 is 2.15 bits per heavy atom. The highest BCUT2D eigenvalue weighted by atomic mass is 16.5. The molecule has 0 spiro atoms. The van der Waals surface area contributed by atoms with E-state index in [0.29, 0.717) is 6.42 Å². The molecule has 2 aromatic rings. The number of hydrogen-bond donors (Lipinski definition) is 1. The second kappa shape index (κ2) is 5.87. The minimum Gasteiger partial charge on any atom is -0.498 e. The summed E-state index contributed by atoms with van der Waals surface area (Å²) in [6.45, 7) is 1.92. The van der Waals surface area contributed by atoms with E-state index in [2.05, 4.69) is 11.1 Å². The quantitative estimate of drug-likeness (QED) is 0.788. The zero-order valence-electron chi connectivity index (χ0n) is 15.3. The van der Waals surface area contributed by atoms with Gasteiger partial charge in [-0.05, 0) is 37.0 Å². The number of benzene rings is 1. The van der Waals surface area contributed by atoms with Crippen LogP contribution in [0.5, 0.6) is 0 Å². The third kappa shape index (κ3) is 2.25. The summed E-state index contributed by atoms with van der Waals surface area (Å²) in [5, 5.41) is 1.12. The third-order valence-corrected chi connectivity index (χ3v) is 6.34. The van der Waals surface area contributed by atoms with Crippen LogP contribution in [0.4, 0.5) is 0 Å². The first-order chi connectivity index (χ1) is 13.1. The monoisotopic (exact) mass is 366 g/mol. The van der Waals surface area contributed by atoms with E-state index in [4.69, 9.17) is 9.47 Å². The maximum Gasteiger partial charge on any atom is 0.328 e. The van der Waals surface area contributed by atoms with Gasteiger partial charge in [0.05, 0.1) is 25.3 Å². The van der Waals surface area contributed by atoms with E-state index in [1.54, 1.807) is 11.2 Å². The normalized spacial score (nSPS) is 31.7. The number of carbonyl (C=O) groups is 2. The van der Waals surface area contributed by atoms with E-state index in [9.17, 15) is 9.59 Å². The number of para-hydroxylation sites is 1. The maximum atomic E-state index is 13.5. The van der Waals surface area contributed by atoms with Crippen LogP contribution in [-0.2, 0) is 25.5 Å². The Hall–Kier alpha value is -2.76. The van der Waals surface area contributed by atoms with Crippen LogP contribution in [0.15, 0.2) is 36.6 Å². The molecule has 5 atom stereocenters. The lowest BCUT2D eigenvalue weighted by atomic mass is 9.73. The molecule has 0 radical (unpaired) electrons. The number of hydrogen-bond acceptors (Lipinski definition) is 4. The van der Waals surface area contributed by atoms with Gasteiger partial charge in [-0.15, -0.1) is 0 Å². The number of carbonyl (C=O) groups excluding carboxylic acids is 2. The van der Waals surface area contributed by atoms with Crippen molar-refractivity contribution in [2.75, 3.05) is 7.11 Å². The van der Waals surface area contributed by atoms with Crippen LogP contribution in [0.3, 0.4) is 0 Å². The number of aromatic amines is 1. The lowest BCUT2D eigenvalue weighted by Crippen LogP contribution is -2.59. The van der Waals surface area contributed by atoms with E-state index in [-0.39, 0.29) is 35.9 Å². The van der Waals surface area contributed by atoms with E-state index >= 15 is 0 Å². The Morgan fingerprint density at radius 3 is 2.96 bits per heavy atom. The van der Waals surface area contributed by atoms with Crippen molar-refractivity contribution in [2.24, 2.45) is 11.8 Å². The summed E-state index contributed by atoms with van der Waals surface area (Å²) in [6.07, 6.45) is 4.74. The van der Waals surface area contributed by atoms with E-state index in [1.807, 2.05) is 31.2 Å². The Balaban J connectivity index is 1.67. The molecule has 6 heteroatoms. The van der Waals surface area contributed by atoms with Gasteiger partial charge in [0, 0.05) is 23.0 Å². The van der Waals surface area contributed by atoms with Crippen LogP contribution in [-0.4, -0.2) is 41.0 Å². The average molecular weight is 366 g/mol. The van der Waals surface area contributed by atoms with E-state index < -0.39 is 6.04 Å². The molecule has 1 fully saturated rings. The van der Waals surface area contributed by atoms with Crippen LogP contribution in [0.2, 0.25) is 0 Å². The lowest BCUT2D eigenvalue weighted by molar-refractivity contribution is -0.166. The van der Waals surface area contributed by atoms with Gasteiger partial charge in [-0.1, -0.05) is 18.2 Å². The molecule has 4 heterocycles. The van der Waals surface area contributed by atoms with Crippen molar-refractivity contribution in [1.82, 2.24) is 9.88 Å². The number of ether oxygens (including phenoxy) is 2. The number of esters is 1. The minimum absolute atomic E-state index is 0.0205. The second-order valence-electron chi connectivity index (χ2n) is 7.66. The Labute approximate surface area is 157 Å². The fourth-order valence-corrected chi connectivity index (χ4v) is 5.11. The van der Waals surface area contributed by atoms with Crippen LogP contribution < -0.4 is 0 Å². The van der Waals surface area contributed by atoms with Crippen LogP contribution in [0.25, 0.3) is 10.9 Å². The molecule has 1 aromatic heterocycles. The molecule has 3 aliphatic heterocycles. The van der Waals surface area contributed by atoms with Gasteiger partial charge in [0.1, 0.15) is 12.1 Å². The highest BCUT2D eigenvalue weighted by Gasteiger charge is 2.52. The van der Waals surface area contributed by atoms with Gasteiger partial charge in [0.25, 0.3) is 0 Å². The molecule has 3 aliphatic rings. The number of nitrogens with one attached hydrogen (secondary N) is 1. The van der Waals surface area contributed by atoms with Crippen molar-refractivity contribution >= 4 is 22.8 Å². The van der Waals surface area contributed by atoms with Crippen LogP contribution >= 0.6 is 0 Å². The molecule has 1 N–H and O–H groups in total. The fourth-order valence-electron chi connectivity index (χ4n) is 5.11. The molecular weight excluding hydrogens is 344 g/mol. The molecule has 1 saturated heterocycles. The Morgan fingerprint density at radius 1 is 1.33 bits per heavy atom. The lowest BCUT2D eigenvalue weighted by Gasteiger charge is -2.49. The van der Waals surface area contributed by atoms with Gasteiger partial charge in [-0.25, -0.2) is 4.79 Å². The number of methoxy groups -OCH3 is 1. The zero-order valence-corrected chi connectivity index (χ0v) is 15.3. The molecule has 1 amide bonds. The number of piperidine rings is 1. The predicted octanol–water partition coefficient (Wildman–Crippen LogP) is 2.70. The molecular formula is C21H22N2O4. The Bertz CT molecular complexity index is 962. The summed E-state index contributed by atoms with van der Waals surface area (Å²) < 4.78 is 10.7. The first-order valence-electron chi connectivity index (χ1n) is 9.41. The first-order valence-corrected chi connectivity index (χ1v) is 9.41. The van der Waals surface area contributed by atoms with Crippen molar-refractivity contribution < 1.29 is 19.1 Å². The predicted molar refractivity (Wildman–Crippen MR) is 98.7 cm³/mol. The van der Waals surface area contributed by atoms with Crippen LogP contribution in [0, 0.1) is 11.8 Å². The number of nitrogens with zero attached hydrogens (tertiary/aromatic N) is 1. The standard InChI is InChI=1S/C21H22N2O4/c1-11-18-12(7-8-27-11)9-16-19-14(13-5-3-4-6-15(13)22-19)10-17(21(25)26-2)23(16)20(18)24/h3-8,11-12,16-18,22H,9-10H2,1-2H3/t11-,12+,16-,17-,18-/m0/s1. The maximum absolute atomic E-state index is 13.5. The van der Waals surface area contributed by atoms with E-state index in [1.165, 1.54) is 7.11 Å². The van der Waals surface area contributed by atoms with Gasteiger partial charge in [-0.3, -0.25) is 4.79 Å². The summed E-state index contributed by atoms with van der Waals surface area (Å²) in [6, 6.07) is 7.34. The Kier molecular flexibility index (Phi) is 3.57. The highest BCUT2D eigenvalue weighted by molar-refractivity contribution is 5.92. The zero-order chi connectivity index (χ0) is 18.7. The van der Waals surface area contributed by atoms with Gasteiger partial charge in [-0.2, -0.15) is 0 Å². The number of fused-ring (bicyclic) bond motifs is 6. The van der Waals surface area contributed by atoms with Gasteiger partial charge >= 0.3 is 5.97 Å². The SMILES string of the molecule is COC(=O)[C@@H]1Cc2c([nH]c3ccccc23)[C@@H]2C[C@H]3C=CO[C@@H](C)[C@@H]3C(=O)N12. The number of aromatic nitrogens is 1. The van der Waals surface area contributed by atoms with Crippen molar-refractivity contribution in [3.63, 3.8) is 0 Å². The summed E-state index contributed by atoms with van der Waals surface area (Å²) in [5.74, 6) is -0.530. The van der Waals surface area contributed by atoms with Crippen molar-refractivity contribution in [3.8, 4) is 0 Å². The summed E-state index contributed by atoms with van der Waals surface area (Å²) in [5.41, 5.74) is 3.21. The smallest absolute Gasteiger partial charge is 0.328 e. The molecule has 0 aliphatic carbocycles. The molecule has 0 unspecified atom stereocenters.